The van der Waals surface area contributed by atoms with E-state index in [1.807, 2.05) is 13.8 Å². The minimum absolute atomic E-state index is 0.737. The van der Waals surface area contributed by atoms with Crippen molar-refractivity contribution < 1.29 is 0 Å². The van der Waals surface area contributed by atoms with Gasteiger partial charge in [-0.25, -0.2) is 4.98 Å². The quantitative estimate of drug-likeness (QED) is 0.652. The van der Waals surface area contributed by atoms with Gasteiger partial charge in [0.05, 0.1) is 0 Å². The monoisotopic (exact) mass is 168 g/mol. The maximum absolute atomic E-state index is 5.10. The zero-order chi connectivity index (χ0) is 8.43. The molecule has 0 spiro atoms. The van der Waals surface area contributed by atoms with Crippen LogP contribution in [0.2, 0.25) is 0 Å². The molecule has 1 rings (SSSR count). The van der Waals surface area contributed by atoms with Crippen molar-refractivity contribution in [3.05, 3.63) is 21.7 Å². The molecule has 0 radical (unpaired) electrons. The maximum atomic E-state index is 5.10. The molecule has 0 unspecified atom stereocenters. The second-order valence-electron chi connectivity index (χ2n) is 2.58. The molecule has 0 saturated carbocycles. The molecule has 11 heavy (non-hydrogen) atoms. The summed E-state index contributed by atoms with van der Waals surface area (Å²) in [6.45, 7) is 6.04. The molecule has 1 aromatic heterocycles. The van der Waals surface area contributed by atoms with Gasteiger partial charge in [0.2, 0.25) is 0 Å². The number of aromatic nitrogens is 2. The van der Waals surface area contributed by atoms with Crippen LogP contribution in [-0.4, -0.2) is 9.97 Å². The van der Waals surface area contributed by atoms with Crippen LogP contribution in [0.3, 0.4) is 0 Å². The Labute approximate surface area is 71.7 Å². The summed E-state index contributed by atoms with van der Waals surface area (Å²) in [5, 5.41) is 0. The lowest BCUT2D eigenvalue weighted by Crippen LogP contribution is -1.97. The van der Waals surface area contributed by atoms with Crippen LogP contribution in [0.15, 0.2) is 0 Å². The lowest BCUT2D eigenvalue weighted by atomic mass is 10.2. The van der Waals surface area contributed by atoms with E-state index in [9.17, 15) is 0 Å². The summed E-state index contributed by atoms with van der Waals surface area (Å²) in [6.07, 6.45) is 0.953. The smallest absolute Gasteiger partial charge is 0.133 e. The van der Waals surface area contributed by atoms with E-state index >= 15 is 0 Å². The molecule has 1 N–H and O–H groups in total. The first-order valence-electron chi connectivity index (χ1n) is 3.71. The number of nitrogens with one attached hydrogen (secondary N) is 1. The number of nitrogens with zero attached hydrogens (tertiary/aromatic N) is 1. The van der Waals surface area contributed by atoms with E-state index in [2.05, 4.69) is 16.9 Å². The number of hydrogen-bond acceptors (Lipinski definition) is 2. The third-order valence-electron chi connectivity index (χ3n) is 1.70. The molecule has 0 aromatic carbocycles. The van der Waals surface area contributed by atoms with E-state index in [0.717, 1.165) is 28.1 Å². The Morgan fingerprint density at radius 3 is 2.55 bits per heavy atom. The number of aromatic amines is 1. The predicted molar refractivity (Wildman–Crippen MR) is 48.3 cm³/mol. The second kappa shape index (κ2) is 3.13. The number of rotatable bonds is 1. The molecular weight excluding hydrogens is 156 g/mol. The molecule has 0 bridgehead atoms. The summed E-state index contributed by atoms with van der Waals surface area (Å²) < 4.78 is 0.737. The van der Waals surface area contributed by atoms with Crippen molar-refractivity contribution in [1.82, 2.24) is 9.97 Å². The summed E-state index contributed by atoms with van der Waals surface area (Å²) in [5.41, 5.74) is 2.30. The largest absolute Gasteiger partial charge is 0.347 e. The van der Waals surface area contributed by atoms with E-state index < -0.39 is 0 Å². The Bertz CT molecular complexity index is 314. The highest BCUT2D eigenvalue weighted by Gasteiger charge is 1.99. The van der Waals surface area contributed by atoms with Crippen LogP contribution in [0.25, 0.3) is 0 Å². The molecule has 0 atom stereocenters. The number of aryl methyl sites for hydroxylation is 2. The lowest BCUT2D eigenvalue weighted by molar-refractivity contribution is 0.936. The zero-order valence-electron chi connectivity index (χ0n) is 7.06. The standard InChI is InChI=1S/C8H12N2S/c1-4-7-5(2)9-6(3)10-8(7)11/h4H2,1-3H3,(H,9,10,11). The summed E-state index contributed by atoms with van der Waals surface area (Å²) in [5.74, 6) is 0.893. The zero-order valence-corrected chi connectivity index (χ0v) is 7.88. The van der Waals surface area contributed by atoms with Gasteiger partial charge in [0.1, 0.15) is 10.5 Å². The molecule has 0 aliphatic rings. The van der Waals surface area contributed by atoms with Crippen LogP contribution in [-0.2, 0) is 6.42 Å². The fourth-order valence-corrected chi connectivity index (χ4v) is 1.61. The van der Waals surface area contributed by atoms with Gasteiger partial charge in [-0.1, -0.05) is 19.1 Å². The highest BCUT2D eigenvalue weighted by atomic mass is 32.1. The highest BCUT2D eigenvalue weighted by Crippen LogP contribution is 2.06. The van der Waals surface area contributed by atoms with E-state index in [4.69, 9.17) is 12.2 Å². The highest BCUT2D eigenvalue weighted by molar-refractivity contribution is 7.71. The van der Waals surface area contributed by atoms with Gasteiger partial charge in [-0.2, -0.15) is 0 Å². The first-order chi connectivity index (χ1) is 5.15. The van der Waals surface area contributed by atoms with Crippen molar-refractivity contribution in [3.8, 4) is 0 Å². The van der Waals surface area contributed by atoms with Crippen LogP contribution >= 0.6 is 12.2 Å². The summed E-state index contributed by atoms with van der Waals surface area (Å²) >= 11 is 5.10. The van der Waals surface area contributed by atoms with Gasteiger partial charge in [0.25, 0.3) is 0 Å². The van der Waals surface area contributed by atoms with Gasteiger partial charge in [-0.05, 0) is 20.3 Å². The predicted octanol–water partition coefficient (Wildman–Crippen LogP) is 2.32. The van der Waals surface area contributed by atoms with Crippen LogP contribution in [0.4, 0.5) is 0 Å². The lowest BCUT2D eigenvalue weighted by Gasteiger charge is -2.03. The molecule has 0 amide bonds. The van der Waals surface area contributed by atoms with Gasteiger partial charge in [0.15, 0.2) is 0 Å². The maximum Gasteiger partial charge on any atom is 0.133 e. The molecule has 0 aliphatic heterocycles. The summed E-state index contributed by atoms with van der Waals surface area (Å²) in [7, 11) is 0. The first-order valence-corrected chi connectivity index (χ1v) is 4.12. The Morgan fingerprint density at radius 2 is 2.09 bits per heavy atom. The SMILES string of the molecule is CCc1c(C)[nH]c(C)nc1=S. The molecule has 0 fully saturated rings. The average molecular weight is 168 g/mol. The summed E-state index contributed by atoms with van der Waals surface area (Å²) in [4.78, 5) is 7.32. The normalized spacial score (nSPS) is 10.1. The average Bonchev–Trinajstić information content (AvgIpc) is 1.85. The van der Waals surface area contributed by atoms with Crippen molar-refractivity contribution in [2.45, 2.75) is 27.2 Å². The topological polar surface area (TPSA) is 28.7 Å². The van der Waals surface area contributed by atoms with Crippen LogP contribution in [0.5, 0.6) is 0 Å². The van der Waals surface area contributed by atoms with Crippen LogP contribution in [0.1, 0.15) is 24.0 Å². The summed E-state index contributed by atoms with van der Waals surface area (Å²) in [6, 6.07) is 0. The molecule has 60 valence electrons. The van der Waals surface area contributed by atoms with Crippen molar-refractivity contribution in [3.63, 3.8) is 0 Å². The Hall–Kier alpha value is -0.700. The Kier molecular flexibility index (Phi) is 2.39. The molecule has 1 aromatic rings. The van der Waals surface area contributed by atoms with Gasteiger partial charge in [-0.3, -0.25) is 0 Å². The fourth-order valence-electron chi connectivity index (χ4n) is 1.17. The number of H-pyrrole nitrogens is 1. The minimum Gasteiger partial charge on any atom is -0.347 e. The van der Waals surface area contributed by atoms with Gasteiger partial charge >= 0.3 is 0 Å². The van der Waals surface area contributed by atoms with Gasteiger partial charge < -0.3 is 4.98 Å². The van der Waals surface area contributed by atoms with Crippen LogP contribution in [0, 0.1) is 18.5 Å². The first kappa shape index (κ1) is 8.40. The van der Waals surface area contributed by atoms with E-state index in [1.54, 1.807) is 0 Å². The Balaban J connectivity index is 3.37. The second-order valence-corrected chi connectivity index (χ2v) is 2.97. The molecule has 2 nitrogen and oxygen atoms in total. The van der Waals surface area contributed by atoms with Crippen molar-refractivity contribution in [2.75, 3.05) is 0 Å². The molecular formula is C8H12N2S. The van der Waals surface area contributed by atoms with E-state index in [0.29, 0.717) is 0 Å². The minimum atomic E-state index is 0.737. The molecule has 0 aliphatic carbocycles. The molecule has 3 heteroatoms. The third kappa shape index (κ3) is 1.66. The van der Waals surface area contributed by atoms with Gasteiger partial charge in [0, 0.05) is 11.3 Å². The van der Waals surface area contributed by atoms with E-state index in [-0.39, 0.29) is 0 Å². The van der Waals surface area contributed by atoms with Crippen molar-refractivity contribution in [2.24, 2.45) is 0 Å². The van der Waals surface area contributed by atoms with Crippen molar-refractivity contribution >= 4 is 12.2 Å². The fraction of sp³-hybridized carbons (Fsp3) is 0.500. The van der Waals surface area contributed by atoms with E-state index in [1.165, 1.54) is 0 Å². The Morgan fingerprint density at radius 1 is 1.45 bits per heavy atom. The molecule has 0 saturated heterocycles. The molecule has 1 heterocycles. The van der Waals surface area contributed by atoms with Crippen molar-refractivity contribution in [1.29, 1.82) is 0 Å². The number of hydrogen-bond donors (Lipinski definition) is 1. The van der Waals surface area contributed by atoms with Crippen LogP contribution < -0.4 is 0 Å². The third-order valence-corrected chi connectivity index (χ3v) is 2.04. The van der Waals surface area contributed by atoms with Gasteiger partial charge in [-0.15, -0.1) is 0 Å².